The van der Waals surface area contributed by atoms with Crippen molar-refractivity contribution in [1.29, 1.82) is 0 Å². The van der Waals surface area contributed by atoms with Crippen LogP contribution in [0.2, 0.25) is 0 Å². The highest BCUT2D eigenvalue weighted by Gasteiger charge is 2.72. The van der Waals surface area contributed by atoms with E-state index in [1.165, 1.54) is 5.56 Å². The van der Waals surface area contributed by atoms with Crippen molar-refractivity contribution in [2.75, 3.05) is 6.54 Å². The van der Waals surface area contributed by atoms with Gasteiger partial charge in [-0.2, -0.15) is 0 Å². The Kier molecular flexibility index (Phi) is 6.28. The summed E-state index contributed by atoms with van der Waals surface area (Å²) >= 11 is 0. The Morgan fingerprint density at radius 3 is 2.32 bits per heavy atom. The van der Waals surface area contributed by atoms with Crippen LogP contribution in [0.5, 0.6) is 5.75 Å². The molecule has 5 unspecified atom stereocenters. The van der Waals surface area contributed by atoms with E-state index in [1.54, 1.807) is 0 Å². The maximum absolute atomic E-state index is 14.3. The van der Waals surface area contributed by atoms with E-state index in [9.17, 15) is 14.7 Å². The molecule has 8 rings (SSSR count). The van der Waals surface area contributed by atoms with Gasteiger partial charge in [0.2, 0.25) is 0 Å². The number of hydrogen-bond donors (Lipinski definition) is 2. The lowest BCUT2D eigenvalue weighted by Crippen LogP contribution is -2.62. The van der Waals surface area contributed by atoms with E-state index in [0.717, 1.165) is 35.1 Å². The van der Waals surface area contributed by atoms with Crippen molar-refractivity contribution in [1.82, 2.24) is 5.32 Å². The third kappa shape index (κ3) is 3.86. The summed E-state index contributed by atoms with van der Waals surface area (Å²) in [7, 11) is 0. The van der Waals surface area contributed by atoms with Crippen molar-refractivity contribution in [3.63, 3.8) is 0 Å². The molecule has 0 spiro atoms. The second-order valence-corrected chi connectivity index (χ2v) is 11.7. The van der Waals surface area contributed by atoms with Gasteiger partial charge in [-0.25, -0.2) is 0 Å². The molecule has 1 aliphatic heterocycles. The minimum absolute atomic E-state index is 0.00854. The van der Waals surface area contributed by atoms with Gasteiger partial charge in [0.15, 0.2) is 5.78 Å². The summed E-state index contributed by atoms with van der Waals surface area (Å²) in [5.41, 5.74) is 3.63. The van der Waals surface area contributed by atoms with Crippen LogP contribution in [0.15, 0.2) is 109 Å². The quantitative estimate of drug-likeness (QED) is 0.289. The Labute approximate surface area is 240 Å². The second kappa shape index (κ2) is 10.0. The molecule has 41 heavy (non-hydrogen) atoms. The maximum Gasteiger partial charge on any atom is 0.311 e. The van der Waals surface area contributed by atoms with E-state index >= 15 is 0 Å². The van der Waals surface area contributed by atoms with Crippen molar-refractivity contribution < 1.29 is 19.4 Å². The highest BCUT2D eigenvalue weighted by atomic mass is 16.5. The van der Waals surface area contributed by atoms with Gasteiger partial charge in [-0.05, 0) is 41.2 Å². The van der Waals surface area contributed by atoms with E-state index in [0.29, 0.717) is 12.4 Å². The first-order valence-corrected chi connectivity index (χ1v) is 14.4. The Morgan fingerprint density at radius 2 is 1.54 bits per heavy atom. The smallest absolute Gasteiger partial charge is 0.311 e. The molecule has 2 bridgehead atoms. The number of carbonyl (C=O) groups excluding carboxylic acids is 1. The first-order valence-electron chi connectivity index (χ1n) is 14.4. The molecule has 1 saturated carbocycles. The van der Waals surface area contributed by atoms with Crippen molar-refractivity contribution in [3.05, 3.63) is 137 Å². The average molecular weight is 544 g/mol. The molecule has 3 aliphatic carbocycles. The third-order valence-electron chi connectivity index (χ3n) is 9.91. The van der Waals surface area contributed by atoms with E-state index in [4.69, 9.17) is 4.74 Å². The zero-order chi connectivity index (χ0) is 28.0. The number of para-hydroxylation sites is 1. The summed E-state index contributed by atoms with van der Waals surface area (Å²) in [5, 5.41) is 14.4. The fourth-order valence-electron chi connectivity index (χ4n) is 8.29. The minimum atomic E-state index is -1.06. The van der Waals surface area contributed by atoms with Crippen molar-refractivity contribution >= 4 is 11.8 Å². The molecule has 0 amide bonds. The molecule has 1 heterocycles. The first-order chi connectivity index (χ1) is 20.1. The van der Waals surface area contributed by atoms with Crippen LogP contribution >= 0.6 is 0 Å². The van der Waals surface area contributed by atoms with E-state index in [2.05, 4.69) is 29.6 Å². The van der Waals surface area contributed by atoms with Crippen LogP contribution in [0.4, 0.5) is 0 Å². The van der Waals surface area contributed by atoms with Crippen molar-refractivity contribution in [2.45, 2.75) is 43.2 Å². The van der Waals surface area contributed by atoms with Crippen LogP contribution in [0.3, 0.4) is 0 Å². The number of carboxylic acid groups (broad SMARTS) is 1. The van der Waals surface area contributed by atoms with Crippen molar-refractivity contribution in [3.8, 4) is 5.75 Å². The van der Waals surface area contributed by atoms with Gasteiger partial charge in [0.25, 0.3) is 0 Å². The van der Waals surface area contributed by atoms with Gasteiger partial charge < -0.3 is 15.2 Å². The van der Waals surface area contributed by atoms with Gasteiger partial charge in [0, 0.05) is 35.8 Å². The second-order valence-electron chi connectivity index (χ2n) is 11.7. The molecular weight excluding hydrogens is 510 g/mol. The standard InChI is InChI=1S/C36H33NO4/c38-30(21-25-13-7-10-18-31(25)41-22-24-11-3-1-4-12-24)32-33-35(26-14-5-2-6-15-26)20-19-29(27-16-8-9-17-28(27)35)36(33,23-37-32)34(39)40/h1-18,29,32-33,37H,19-23H2,(H,39,40). The summed E-state index contributed by atoms with van der Waals surface area (Å²) in [6, 6.07) is 35.6. The minimum Gasteiger partial charge on any atom is -0.489 e. The van der Waals surface area contributed by atoms with Gasteiger partial charge in [0.05, 0.1) is 11.5 Å². The Morgan fingerprint density at radius 1 is 0.854 bits per heavy atom. The Bertz CT molecular complexity index is 1600. The third-order valence-corrected chi connectivity index (χ3v) is 9.91. The topological polar surface area (TPSA) is 75.6 Å². The van der Waals surface area contributed by atoms with E-state index < -0.39 is 28.8 Å². The Balaban J connectivity index is 1.28. The molecule has 0 radical (unpaired) electrons. The molecule has 0 aromatic heterocycles. The number of carbonyl (C=O) groups is 2. The lowest BCUT2D eigenvalue weighted by atomic mass is 9.41. The van der Waals surface area contributed by atoms with Crippen molar-refractivity contribution in [2.24, 2.45) is 11.3 Å². The SMILES string of the molecule is O=C(Cc1ccccc1OCc1ccccc1)C1NCC2(C(=O)O)C3CCC(c4ccccc4)(c4ccccc43)C12. The molecule has 1 saturated heterocycles. The number of Topliss-reactive ketones (excluding diaryl/α,β-unsaturated/α-hetero) is 1. The zero-order valence-corrected chi connectivity index (χ0v) is 22.8. The highest BCUT2D eigenvalue weighted by Crippen LogP contribution is 2.69. The molecule has 5 heteroatoms. The zero-order valence-electron chi connectivity index (χ0n) is 22.8. The normalized spacial score (nSPS) is 27.6. The van der Waals surface area contributed by atoms with Crippen LogP contribution in [-0.4, -0.2) is 29.4 Å². The van der Waals surface area contributed by atoms with Gasteiger partial charge in [-0.1, -0.05) is 103 Å². The summed E-state index contributed by atoms with van der Waals surface area (Å²) in [6.07, 6.45) is 1.78. The van der Waals surface area contributed by atoms with Crippen LogP contribution in [0, 0.1) is 11.3 Å². The highest BCUT2D eigenvalue weighted by molar-refractivity contribution is 5.91. The number of carboxylic acids is 1. The van der Waals surface area contributed by atoms with E-state index in [1.807, 2.05) is 84.9 Å². The summed E-state index contributed by atoms with van der Waals surface area (Å²) in [4.78, 5) is 27.7. The van der Waals surface area contributed by atoms with Crippen LogP contribution in [0.25, 0.3) is 0 Å². The molecule has 2 N–H and O–H groups in total. The fourth-order valence-corrected chi connectivity index (χ4v) is 8.29. The van der Waals surface area contributed by atoms with E-state index in [-0.39, 0.29) is 24.7 Å². The van der Waals surface area contributed by atoms with Crippen LogP contribution < -0.4 is 10.1 Å². The molecule has 4 aliphatic rings. The van der Waals surface area contributed by atoms with Crippen LogP contribution in [-0.2, 0) is 28.0 Å². The van der Waals surface area contributed by atoms with Gasteiger partial charge in [-0.15, -0.1) is 0 Å². The number of hydrogen-bond acceptors (Lipinski definition) is 4. The number of nitrogens with one attached hydrogen (secondary N) is 1. The van der Waals surface area contributed by atoms with Gasteiger partial charge in [-0.3, -0.25) is 9.59 Å². The largest absolute Gasteiger partial charge is 0.489 e. The van der Waals surface area contributed by atoms with Gasteiger partial charge >= 0.3 is 5.97 Å². The lowest BCUT2D eigenvalue weighted by Gasteiger charge is -2.60. The summed E-state index contributed by atoms with van der Waals surface area (Å²) < 4.78 is 6.17. The molecule has 206 valence electrons. The predicted molar refractivity (Wildman–Crippen MR) is 157 cm³/mol. The average Bonchev–Trinajstić information content (AvgIpc) is 3.46. The molecule has 2 fully saturated rings. The monoisotopic (exact) mass is 543 g/mol. The number of ether oxygens (including phenoxy) is 1. The Hall–Kier alpha value is -4.22. The number of benzene rings is 4. The predicted octanol–water partition coefficient (Wildman–Crippen LogP) is 5.91. The first kappa shape index (κ1) is 25.7. The number of rotatable bonds is 8. The van der Waals surface area contributed by atoms with Gasteiger partial charge in [0.1, 0.15) is 12.4 Å². The number of fused-ring (bicyclic) bond motifs is 1. The summed E-state index contributed by atoms with van der Waals surface area (Å²) in [6.45, 7) is 0.692. The number of ketones is 1. The lowest BCUT2D eigenvalue weighted by molar-refractivity contribution is -0.158. The van der Waals surface area contributed by atoms with Crippen LogP contribution in [0.1, 0.15) is 46.6 Å². The molecule has 4 aromatic rings. The molecule has 5 nitrogen and oxygen atoms in total. The molecular formula is C36H33NO4. The molecule has 5 atom stereocenters. The maximum atomic E-state index is 14.3. The molecule has 4 aromatic carbocycles. The number of aliphatic carboxylic acids is 1. The summed E-state index contributed by atoms with van der Waals surface area (Å²) in [5.74, 6) is -0.668. The fraction of sp³-hybridized carbons (Fsp3) is 0.278.